The van der Waals surface area contributed by atoms with Crippen molar-refractivity contribution in [3.63, 3.8) is 0 Å². The number of hydrogen-bond acceptors (Lipinski definition) is 2. The van der Waals surface area contributed by atoms with Crippen LogP contribution in [-0.4, -0.2) is 23.2 Å². The van der Waals surface area contributed by atoms with Gasteiger partial charge in [-0.3, -0.25) is 0 Å². The molecule has 4 heteroatoms. The molecule has 3 rings (SSSR count). The van der Waals surface area contributed by atoms with Gasteiger partial charge in [0.15, 0.2) is 0 Å². The number of urea groups is 1. The molecule has 2 aromatic rings. The molecule has 0 radical (unpaired) electrons. The molecule has 1 saturated heterocycles. The van der Waals surface area contributed by atoms with Gasteiger partial charge in [0.2, 0.25) is 0 Å². The van der Waals surface area contributed by atoms with Gasteiger partial charge in [0.05, 0.1) is 0 Å². The Bertz CT molecular complexity index is 855. The molecule has 162 valence electrons. The molecule has 0 aromatic heterocycles. The highest BCUT2D eigenvalue weighted by Crippen LogP contribution is 2.40. The largest absolute Gasteiger partial charge is 0.323 e. The van der Waals surface area contributed by atoms with Gasteiger partial charge in [-0.2, -0.15) is 0 Å². The van der Waals surface area contributed by atoms with Crippen molar-refractivity contribution in [2.24, 2.45) is 0 Å². The topological polar surface area (TPSA) is 32.3 Å². The van der Waals surface area contributed by atoms with E-state index < -0.39 is 0 Å². The maximum absolute atomic E-state index is 13.4. The number of amides is 2. The molecule has 0 spiro atoms. The van der Waals surface area contributed by atoms with Gasteiger partial charge in [0, 0.05) is 18.0 Å². The van der Waals surface area contributed by atoms with Crippen LogP contribution in [0.25, 0.3) is 0 Å². The summed E-state index contributed by atoms with van der Waals surface area (Å²) < 4.78 is 0. The molecule has 3 nitrogen and oxygen atoms in total. The first-order valence-electron chi connectivity index (χ1n) is 11.0. The lowest BCUT2D eigenvalue weighted by Gasteiger charge is -2.27. The van der Waals surface area contributed by atoms with Crippen LogP contribution in [0.5, 0.6) is 0 Å². The predicted octanol–water partition coefficient (Wildman–Crippen LogP) is 7.51. The van der Waals surface area contributed by atoms with Gasteiger partial charge < -0.3 is 10.2 Å². The van der Waals surface area contributed by atoms with Crippen LogP contribution >= 0.6 is 11.8 Å². The van der Waals surface area contributed by atoms with Crippen molar-refractivity contribution in [3.05, 3.63) is 64.7 Å². The van der Waals surface area contributed by atoms with E-state index in [1.165, 1.54) is 22.3 Å². The van der Waals surface area contributed by atoms with Gasteiger partial charge >= 0.3 is 6.03 Å². The molecule has 2 amide bonds. The first-order valence-corrected chi connectivity index (χ1v) is 12.1. The first-order chi connectivity index (χ1) is 14.1. The zero-order chi connectivity index (χ0) is 22.1. The third kappa shape index (κ3) is 4.85. The Hall–Kier alpha value is -1.94. The number of para-hydroxylation sites is 1. The minimum absolute atomic E-state index is 0.0000945. The summed E-state index contributed by atoms with van der Waals surface area (Å²) in [6.45, 7) is 16.2. The monoisotopic (exact) mass is 424 g/mol. The first kappa shape index (κ1) is 22.7. The molecule has 2 aromatic carbocycles. The Balaban J connectivity index is 1.85. The molecule has 0 unspecified atom stereocenters. The predicted molar refractivity (Wildman–Crippen MR) is 131 cm³/mol. The smallest absolute Gasteiger partial charge is 0.308 e. The van der Waals surface area contributed by atoms with E-state index in [2.05, 4.69) is 96.2 Å². The van der Waals surface area contributed by atoms with Crippen molar-refractivity contribution < 1.29 is 4.79 Å². The second kappa shape index (κ2) is 9.05. The zero-order valence-corrected chi connectivity index (χ0v) is 20.3. The third-order valence-electron chi connectivity index (χ3n) is 5.82. The molecule has 0 aliphatic carbocycles. The number of anilines is 1. The van der Waals surface area contributed by atoms with E-state index in [9.17, 15) is 4.79 Å². The van der Waals surface area contributed by atoms with Gasteiger partial charge in [-0.15, -0.1) is 11.8 Å². The Labute approximate surface area is 186 Å². The zero-order valence-electron chi connectivity index (χ0n) is 19.5. The van der Waals surface area contributed by atoms with Crippen molar-refractivity contribution in [1.82, 2.24) is 4.90 Å². The molecule has 1 fully saturated rings. The second-order valence-corrected chi connectivity index (χ2v) is 11.0. The van der Waals surface area contributed by atoms with E-state index >= 15 is 0 Å². The molecular weight excluding hydrogens is 388 g/mol. The van der Waals surface area contributed by atoms with Crippen LogP contribution in [0.3, 0.4) is 0 Å². The van der Waals surface area contributed by atoms with Crippen LogP contribution in [-0.2, 0) is 5.41 Å². The lowest BCUT2D eigenvalue weighted by Crippen LogP contribution is -2.35. The van der Waals surface area contributed by atoms with Crippen molar-refractivity contribution in [2.75, 3.05) is 17.6 Å². The van der Waals surface area contributed by atoms with Crippen molar-refractivity contribution in [3.8, 4) is 0 Å². The van der Waals surface area contributed by atoms with Crippen LogP contribution in [0.15, 0.2) is 42.5 Å². The van der Waals surface area contributed by atoms with E-state index in [0.29, 0.717) is 11.8 Å². The van der Waals surface area contributed by atoms with Crippen LogP contribution in [0, 0.1) is 0 Å². The number of thioether (sulfide) groups is 1. The summed E-state index contributed by atoms with van der Waals surface area (Å²) in [6.07, 6.45) is 0. The van der Waals surface area contributed by atoms with Crippen LogP contribution in [0.1, 0.15) is 87.9 Å². The molecule has 1 aliphatic rings. The van der Waals surface area contributed by atoms with Crippen LogP contribution in [0.2, 0.25) is 0 Å². The fraction of sp³-hybridized carbons (Fsp3) is 0.500. The number of benzene rings is 2. The molecule has 1 N–H and O–H groups in total. The summed E-state index contributed by atoms with van der Waals surface area (Å²) in [5.74, 6) is 1.67. The summed E-state index contributed by atoms with van der Waals surface area (Å²) in [4.78, 5) is 15.4. The fourth-order valence-corrected chi connectivity index (χ4v) is 5.23. The van der Waals surface area contributed by atoms with Crippen LogP contribution in [0.4, 0.5) is 10.5 Å². The minimum atomic E-state index is -0.0000945. The van der Waals surface area contributed by atoms with E-state index in [0.717, 1.165) is 18.0 Å². The van der Waals surface area contributed by atoms with E-state index in [1.807, 2.05) is 16.7 Å². The normalized spacial score (nSPS) is 17.1. The Kier molecular flexibility index (Phi) is 6.86. The Morgan fingerprint density at radius 2 is 1.57 bits per heavy atom. The summed E-state index contributed by atoms with van der Waals surface area (Å²) >= 11 is 1.84. The quantitative estimate of drug-likeness (QED) is 0.551. The van der Waals surface area contributed by atoms with E-state index in [-0.39, 0.29) is 16.8 Å². The fourth-order valence-electron chi connectivity index (χ4n) is 3.98. The molecule has 1 heterocycles. The molecular formula is C26H36N2OS. The van der Waals surface area contributed by atoms with Gasteiger partial charge in [0.25, 0.3) is 0 Å². The molecule has 1 atom stereocenters. The van der Waals surface area contributed by atoms with Crippen LogP contribution < -0.4 is 5.32 Å². The van der Waals surface area contributed by atoms with Crippen molar-refractivity contribution in [1.29, 1.82) is 0 Å². The maximum atomic E-state index is 13.4. The number of carbonyl (C=O) groups excluding carboxylic acids is 1. The van der Waals surface area contributed by atoms with Gasteiger partial charge in [-0.25, -0.2) is 4.79 Å². The minimum Gasteiger partial charge on any atom is -0.308 e. The Morgan fingerprint density at radius 1 is 1.00 bits per heavy atom. The number of nitrogens with zero attached hydrogens (tertiary/aromatic N) is 1. The molecule has 1 aliphatic heterocycles. The highest BCUT2D eigenvalue weighted by molar-refractivity contribution is 7.99. The Morgan fingerprint density at radius 3 is 2.07 bits per heavy atom. The summed E-state index contributed by atoms with van der Waals surface area (Å²) in [5, 5.41) is 3.36. The van der Waals surface area contributed by atoms with Gasteiger partial charge in [0.1, 0.15) is 5.37 Å². The molecule has 30 heavy (non-hydrogen) atoms. The average Bonchev–Trinajstić information content (AvgIpc) is 3.17. The number of hydrogen-bond donors (Lipinski definition) is 1. The van der Waals surface area contributed by atoms with Gasteiger partial charge in [-0.1, -0.05) is 90.9 Å². The third-order valence-corrected chi connectivity index (χ3v) is 7.08. The van der Waals surface area contributed by atoms with Crippen molar-refractivity contribution in [2.45, 2.75) is 71.1 Å². The number of carbonyl (C=O) groups is 1. The second-order valence-electron chi connectivity index (χ2n) is 9.84. The highest BCUT2D eigenvalue weighted by atomic mass is 32.2. The van der Waals surface area contributed by atoms with E-state index in [4.69, 9.17) is 0 Å². The maximum Gasteiger partial charge on any atom is 0.323 e. The summed E-state index contributed by atoms with van der Waals surface area (Å²) in [6, 6.07) is 15.1. The molecule has 0 bridgehead atoms. The summed E-state index contributed by atoms with van der Waals surface area (Å²) in [7, 11) is 0. The van der Waals surface area contributed by atoms with Gasteiger partial charge in [-0.05, 0) is 39.5 Å². The standard InChI is InChI=1S/C26H36N2OS/c1-17(2)21-9-8-10-22(18(3)4)23(21)27-25(29)28-15-16-30-24(28)19-11-13-20(14-12-19)26(5,6)7/h8-14,17-18,24H,15-16H2,1-7H3,(H,27,29)/t24-/m1/s1. The SMILES string of the molecule is CC(C)c1cccc(C(C)C)c1NC(=O)N1CCS[C@@H]1c1ccc(C(C)(C)C)cc1. The number of nitrogens with one attached hydrogen (secondary N) is 1. The number of rotatable bonds is 4. The highest BCUT2D eigenvalue weighted by Gasteiger charge is 2.32. The average molecular weight is 425 g/mol. The summed E-state index contributed by atoms with van der Waals surface area (Å²) in [5.41, 5.74) is 6.04. The van der Waals surface area contributed by atoms with Crippen molar-refractivity contribution >= 4 is 23.5 Å². The van der Waals surface area contributed by atoms with E-state index in [1.54, 1.807) is 0 Å². The lowest BCUT2D eigenvalue weighted by atomic mass is 9.87. The lowest BCUT2D eigenvalue weighted by molar-refractivity contribution is 0.214. The molecule has 0 saturated carbocycles.